The van der Waals surface area contributed by atoms with E-state index in [9.17, 15) is 4.79 Å². The molecule has 2 aromatic rings. The number of carbonyl (C=O) groups is 1. The molecule has 1 amide bonds. The SMILES string of the molecule is COCCNC(=O)c1ccc(Oc2ncccn2)cc1. The molecule has 0 aliphatic rings. The van der Waals surface area contributed by atoms with Crippen molar-refractivity contribution < 1.29 is 14.3 Å². The van der Waals surface area contributed by atoms with Gasteiger partial charge in [0.15, 0.2) is 0 Å². The van der Waals surface area contributed by atoms with E-state index in [0.29, 0.717) is 24.5 Å². The molecule has 0 fully saturated rings. The van der Waals surface area contributed by atoms with Gasteiger partial charge in [-0.1, -0.05) is 0 Å². The second-order valence-corrected chi connectivity index (χ2v) is 3.91. The number of benzene rings is 1. The molecule has 2 rings (SSSR count). The largest absolute Gasteiger partial charge is 0.424 e. The van der Waals surface area contributed by atoms with Gasteiger partial charge in [0.25, 0.3) is 5.91 Å². The molecule has 0 aliphatic heterocycles. The lowest BCUT2D eigenvalue weighted by atomic mass is 10.2. The first-order valence-electron chi connectivity index (χ1n) is 6.11. The third kappa shape index (κ3) is 4.03. The molecule has 6 nitrogen and oxygen atoms in total. The zero-order chi connectivity index (χ0) is 14.2. The third-order valence-corrected chi connectivity index (χ3v) is 2.46. The molecule has 0 aliphatic carbocycles. The maximum atomic E-state index is 11.8. The van der Waals surface area contributed by atoms with Crippen LogP contribution in [0.4, 0.5) is 0 Å². The number of ether oxygens (including phenoxy) is 2. The molecular weight excluding hydrogens is 258 g/mol. The zero-order valence-electron chi connectivity index (χ0n) is 11.1. The highest BCUT2D eigenvalue weighted by atomic mass is 16.5. The van der Waals surface area contributed by atoms with Gasteiger partial charge in [-0.05, 0) is 30.3 Å². The van der Waals surface area contributed by atoms with Gasteiger partial charge in [0.05, 0.1) is 6.61 Å². The molecule has 0 radical (unpaired) electrons. The van der Waals surface area contributed by atoms with Crippen molar-refractivity contribution in [3.63, 3.8) is 0 Å². The molecular formula is C14H15N3O3. The zero-order valence-corrected chi connectivity index (χ0v) is 11.1. The van der Waals surface area contributed by atoms with E-state index in [1.807, 2.05) is 0 Å². The van der Waals surface area contributed by atoms with Crippen molar-refractivity contribution in [2.45, 2.75) is 0 Å². The third-order valence-electron chi connectivity index (χ3n) is 2.46. The first-order valence-corrected chi connectivity index (χ1v) is 6.11. The van der Waals surface area contributed by atoms with E-state index < -0.39 is 0 Å². The minimum absolute atomic E-state index is 0.149. The average molecular weight is 273 g/mol. The van der Waals surface area contributed by atoms with Crippen LogP contribution < -0.4 is 10.1 Å². The van der Waals surface area contributed by atoms with Crippen LogP contribution in [0.2, 0.25) is 0 Å². The fraction of sp³-hybridized carbons (Fsp3) is 0.214. The summed E-state index contributed by atoms with van der Waals surface area (Å²) in [6, 6.07) is 8.73. The van der Waals surface area contributed by atoms with Gasteiger partial charge in [-0.2, -0.15) is 0 Å². The summed E-state index contributed by atoms with van der Waals surface area (Å²) in [5.74, 6) is 0.425. The lowest BCUT2D eigenvalue weighted by molar-refractivity contribution is 0.0937. The summed E-state index contributed by atoms with van der Waals surface area (Å²) in [5, 5.41) is 2.74. The van der Waals surface area contributed by atoms with Crippen molar-refractivity contribution in [1.29, 1.82) is 0 Å². The first-order chi connectivity index (χ1) is 9.79. The van der Waals surface area contributed by atoms with E-state index in [2.05, 4.69) is 15.3 Å². The predicted octanol–water partition coefficient (Wildman–Crippen LogP) is 1.65. The van der Waals surface area contributed by atoms with Crippen LogP contribution in [0.25, 0.3) is 0 Å². The van der Waals surface area contributed by atoms with Crippen LogP contribution in [0.5, 0.6) is 11.8 Å². The summed E-state index contributed by atoms with van der Waals surface area (Å²) >= 11 is 0. The van der Waals surface area contributed by atoms with Crippen LogP contribution in [-0.2, 0) is 4.74 Å². The Hall–Kier alpha value is -2.47. The molecule has 1 N–H and O–H groups in total. The van der Waals surface area contributed by atoms with Gasteiger partial charge in [0, 0.05) is 31.6 Å². The molecule has 0 saturated heterocycles. The Labute approximate surface area is 116 Å². The number of nitrogens with zero attached hydrogens (tertiary/aromatic N) is 2. The highest BCUT2D eigenvalue weighted by molar-refractivity contribution is 5.94. The average Bonchev–Trinajstić information content (AvgIpc) is 2.49. The summed E-state index contributed by atoms with van der Waals surface area (Å²) in [6.07, 6.45) is 3.19. The normalized spacial score (nSPS) is 10.1. The summed E-state index contributed by atoms with van der Waals surface area (Å²) in [6.45, 7) is 0.962. The lowest BCUT2D eigenvalue weighted by Crippen LogP contribution is -2.26. The maximum Gasteiger partial charge on any atom is 0.321 e. The van der Waals surface area contributed by atoms with Gasteiger partial charge in [0.2, 0.25) is 0 Å². The molecule has 0 spiro atoms. The Morgan fingerprint density at radius 2 is 1.90 bits per heavy atom. The van der Waals surface area contributed by atoms with Crippen LogP contribution in [0.3, 0.4) is 0 Å². The van der Waals surface area contributed by atoms with E-state index >= 15 is 0 Å². The quantitative estimate of drug-likeness (QED) is 0.810. The molecule has 0 unspecified atom stereocenters. The van der Waals surface area contributed by atoms with E-state index in [0.717, 1.165) is 0 Å². The van der Waals surface area contributed by atoms with Crippen LogP contribution in [0.1, 0.15) is 10.4 Å². The minimum Gasteiger partial charge on any atom is -0.424 e. The Morgan fingerprint density at radius 1 is 1.20 bits per heavy atom. The van der Waals surface area contributed by atoms with Gasteiger partial charge in [0.1, 0.15) is 5.75 Å². The Morgan fingerprint density at radius 3 is 2.55 bits per heavy atom. The summed E-state index contributed by atoms with van der Waals surface area (Å²) in [4.78, 5) is 19.7. The van der Waals surface area contributed by atoms with Crippen molar-refractivity contribution in [3.05, 3.63) is 48.3 Å². The Kier molecular flexibility index (Phi) is 5.02. The van der Waals surface area contributed by atoms with Crippen molar-refractivity contribution in [1.82, 2.24) is 15.3 Å². The number of methoxy groups -OCH3 is 1. The van der Waals surface area contributed by atoms with Crippen LogP contribution >= 0.6 is 0 Å². The van der Waals surface area contributed by atoms with Crippen molar-refractivity contribution in [3.8, 4) is 11.8 Å². The second kappa shape index (κ2) is 7.20. The number of carbonyl (C=O) groups excluding carboxylic acids is 1. The van der Waals surface area contributed by atoms with Crippen molar-refractivity contribution in [2.24, 2.45) is 0 Å². The molecule has 0 atom stereocenters. The lowest BCUT2D eigenvalue weighted by Gasteiger charge is -2.06. The number of amides is 1. The topological polar surface area (TPSA) is 73.3 Å². The van der Waals surface area contributed by atoms with Crippen molar-refractivity contribution in [2.75, 3.05) is 20.3 Å². The summed E-state index contributed by atoms with van der Waals surface area (Å²) in [7, 11) is 1.59. The molecule has 0 saturated carbocycles. The molecule has 1 heterocycles. The number of nitrogens with one attached hydrogen (secondary N) is 1. The predicted molar refractivity (Wildman–Crippen MR) is 72.8 cm³/mol. The highest BCUT2D eigenvalue weighted by Gasteiger charge is 2.05. The minimum atomic E-state index is -0.149. The first kappa shape index (κ1) is 14.0. The van der Waals surface area contributed by atoms with Crippen molar-refractivity contribution >= 4 is 5.91 Å². The Bertz CT molecular complexity index is 543. The smallest absolute Gasteiger partial charge is 0.321 e. The van der Waals surface area contributed by atoms with Crippen LogP contribution in [0, 0.1) is 0 Å². The molecule has 20 heavy (non-hydrogen) atoms. The fourth-order valence-corrected chi connectivity index (χ4v) is 1.49. The second-order valence-electron chi connectivity index (χ2n) is 3.91. The molecule has 104 valence electrons. The Balaban J connectivity index is 1.94. The molecule has 6 heteroatoms. The van der Waals surface area contributed by atoms with E-state index in [-0.39, 0.29) is 11.9 Å². The molecule has 0 bridgehead atoms. The van der Waals surface area contributed by atoms with Gasteiger partial charge in [-0.15, -0.1) is 0 Å². The van der Waals surface area contributed by atoms with Gasteiger partial charge in [-0.25, -0.2) is 9.97 Å². The van der Waals surface area contributed by atoms with Gasteiger partial charge in [-0.3, -0.25) is 4.79 Å². The number of hydrogen-bond acceptors (Lipinski definition) is 5. The number of hydrogen-bond donors (Lipinski definition) is 1. The van der Waals surface area contributed by atoms with E-state index in [1.165, 1.54) is 0 Å². The van der Waals surface area contributed by atoms with Crippen LogP contribution in [0.15, 0.2) is 42.7 Å². The molecule has 1 aromatic carbocycles. The summed E-state index contributed by atoms with van der Waals surface area (Å²) in [5.41, 5.74) is 0.558. The maximum absolute atomic E-state index is 11.8. The summed E-state index contributed by atoms with van der Waals surface area (Å²) < 4.78 is 10.3. The van der Waals surface area contributed by atoms with E-state index in [4.69, 9.17) is 9.47 Å². The fourth-order valence-electron chi connectivity index (χ4n) is 1.49. The standard InChI is InChI=1S/C14H15N3O3/c1-19-10-9-15-13(18)11-3-5-12(6-4-11)20-14-16-7-2-8-17-14/h2-8H,9-10H2,1H3,(H,15,18). The van der Waals surface area contributed by atoms with Crippen LogP contribution in [-0.4, -0.2) is 36.1 Å². The van der Waals surface area contributed by atoms with E-state index in [1.54, 1.807) is 49.8 Å². The van der Waals surface area contributed by atoms with Gasteiger partial charge >= 0.3 is 6.01 Å². The monoisotopic (exact) mass is 273 g/mol. The van der Waals surface area contributed by atoms with Gasteiger partial charge < -0.3 is 14.8 Å². The molecule has 1 aromatic heterocycles. The highest BCUT2D eigenvalue weighted by Crippen LogP contribution is 2.17. The number of aromatic nitrogens is 2. The number of rotatable bonds is 6.